The molecule has 13 aromatic rings. The van der Waals surface area contributed by atoms with Gasteiger partial charge < -0.3 is 0 Å². The van der Waals surface area contributed by atoms with E-state index in [0.29, 0.717) is 5.95 Å². The first kappa shape index (κ1) is 31.3. The van der Waals surface area contributed by atoms with Crippen molar-refractivity contribution >= 4 is 117 Å². The average Bonchev–Trinajstić information content (AvgIpc) is 3.96. The van der Waals surface area contributed by atoms with Gasteiger partial charge >= 0.3 is 0 Å². The minimum Gasteiger partial charge on any atom is -0.277 e. The molecule has 3 nitrogen and oxygen atoms in total. The monoisotopic (exact) mass is 759 g/mol. The van der Waals surface area contributed by atoms with Gasteiger partial charge in [-0.1, -0.05) is 146 Å². The first-order chi connectivity index (χ1) is 28.3. The first-order valence-corrected chi connectivity index (χ1v) is 20.9. The molecule has 0 saturated carbocycles. The highest BCUT2D eigenvalue weighted by Crippen LogP contribution is 2.51. The summed E-state index contributed by atoms with van der Waals surface area (Å²) >= 11 is 3.78. The van der Waals surface area contributed by atoms with Crippen LogP contribution in [0.5, 0.6) is 0 Å². The SMILES string of the molecule is c1ccc(-c2ccc(-c3nc(-n4c5ccccc5c5c6sc7ccccc7c6c6c(ccc7sc8ccccc8c76)c54)nc4c3ccc3ccccc34)cc2)cc1. The Hall–Kier alpha value is -6.92. The number of hydrogen-bond acceptors (Lipinski definition) is 4. The minimum absolute atomic E-state index is 0.671. The first-order valence-electron chi connectivity index (χ1n) is 19.2. The molecule has 0 atom stereocenters. The zero-order valence-corrected chi connectivity index (χ0v) is 32.0. The normalized spacial score (nSPS) is 12.2. The van der Waals surface area contributed by atoms with Crippen molar-refractivity contribution in [1.29, 1.82) is 0 Å². The minimum atomic E-state index is 0.671. The van der Waals surface area contributed by atoms with Gasteiger partial charge in [0.25, 0.3) is 0 Å². The molecule has 0 fully saturated rings. The fourth-order valence-electron chi connectivity index (χ4n) is 9.30. The van der Waals surface area contributed by atoms with Gasteiger partial charge in [-0.3, -0.25) is 4.57 Å². The molecule has 0 bridgehead atoms. The van der Waals surface area contributed by atoms with Gasteiger partial charge in [0.1, 0.15) is 0 Å². The van der Waals surface area contributed by atoms with Crippen LogP contribution in [0.3, 0.4) is 0 Å². The van der Waals surface area contributed by atoms with E-state index < -0.39 is 0 Å². The summed E-state index contributed by atoms with van der Waals surface area (Å²) in [6, 6.07) is 63.7. The molecule has 0 saturated heterocycles. The highest BCUT2D eigenvalue weighted by atomic mass is 32.1. The molecule has 0 spiro atoms. The average molecular weight is 760 g/mol. The lowest BCUT2D eigenvalue weighted by Gasteiger charge is -2.15. The molecule has 0 radical (unpaired) electrons. The number of thiophene rings is 2. The summed E-state index contributed by atoms with van der Waals surface area (Å²) in [5.41, 5.74) is 7.54. The van der Waals surface area contributed by atoms with Crippen LogP contribution in [0, 0.1) is 0 Å². The summed E-state index contributed by atoms with van der Waals surface area (Å²) in [6.07, 6.45) is 0. The molecule has 57 heavy (non-hydrogen) atoms. The summed E-state index contributed by atoms with van der Waals surface area (Å²) < 4.78 is 7.57. The van der Waals surface area contributed by atoms with Gasteiger partial charge in [0.15, 0.2) is 0 Å². The van der Waals surface area contributed by atoms with E-state index in [9.17, 15) is 0 Å². The third-order valence-electron chi connectivity index (χ3n) is 11.8. The van der Waals surface area contributed by atoms with Crippen LogP contribution < -0.4 is 0 Å². The van der Waals surface area contributed by atoms with Gasteiger partial charge in [-0.15, -0.1) is 22.7 Å². The highest BCUT2D eigenvalue weighted by molar-refractivity contribution is 7.27. The molecule has 0 N–H and O–H groups in total. The molecule has 4 heterocycles. The van der Waals surface area contributed by atoms with Crippen LogP contribution in [0.4, 0.5) is 0 Å². The smallest absolute Gasteiger partial charge is 0.235 e. The molecule has 9 aromatic carbocycles. The standard InChI is InChI=1S/C52H29N3S2/c1-2-12-30(13-3-1)31-22-24-33(25-23-31)48-39-27-26-32-14-4-5-15-34(32)49(39)54-52(53-48)55-40-19-9-6-16-35(40)47-50(55)38-28-29-43-44(36-17-7-10-20-41(36)56-43)45(38)46-37-18-8-11-21-42(37)57-51(46)47/h1-29H. The van der Waals surface area contributed by atoms with Crippen LogP contribution in [0.25, 0.3) is 123 Å². The van der Waals surface area contributed by atoms with Crippen molar-refractivity contribution < 1.29 is 0 Å². The van der Waals surface area contributed by atoms with E-state index in [1.54, 1.807) is 0 Å². The summed E-state index contributed by atoms with van der Waals surface area (Å²) in [5.74, 6) is 0.671. The largest absolute Gasteiger partial charge is 0.277 e. The van der Waals surface area contributed by atoms with Crippen LogP contribution in [0.1, 0.15) is 0 Å². The maximum absolute atomic E-state index is 5.61. The van der Waals surface area contributed by atoms with Crippen molar-refractivity contribution in [3.8, 4) is 28.3 Å². The van der Waals surface area contributed by atoms with E-state index in [2.05, 4.69) is 180 Å². The molecule has 4 aromatic heterocycles. The zero-order valence-electron chi connectivity index (χ0n) is 30.4. The second-order valence-electron chi connectivity index (χ2n) is 14.8. The van der Waals surface area contributed by atoms with Gasteiger partial charge in [-0.05, 0) is 46.8 Å². The Labute approximate surface area is 334 Å². The van der Waals surface area contributed by atoms with Gasteiger partial charge in [0, 0.05) is 78.2 Å². The Balaban J connectivity index is 1.22. The molecule has 0 amide bonds. The zero-order chi connectivity index (χ0) is 37.2. The van der Waals surface area contributed by atoms with E-state index in [-0.39, 0.29) is 0 Å². The second kappa shape index (κ2) is 11.8. The van der Waals surface area contributed by atoms with E-state index in [1.165, 1.54) is 73.0 Å². The predicted octanol–water partition coefficient (Wildman–Crippen LogP) is 15.1. The highest BCUT2D eigenvalue weighted by Gasteiger charge is 2.25. The van der Waals surface area contributed by atoms with E-state index in [0.717, 1.165) is 44.0 Å². The number of aromatic nitrogens is 3. The van der Waals surface area contributed by atoms with Gasteiger partial charge in [-0.2, -0.15) is 0 Å². The summed E-state index contributed by atoms with van der Waals surface area (Å²) in [6.45, 7) is 0. The van der Waals surface area contributed by atoms with Gasteiger partial charge in [0.2, 0.25) is 5.95 Å². The van der Waals surface area contributed by atoms with Crippen molar-refractivity contribution in [2.24, 2.45) is 0 Å². The van der Waals surface area contributed by atoms with Gasteiger partial charge in [-0.25, -0.2) is 9.97 Å². The molecular formula is C52H29N3S2. The van der Waals surface area contributed by atoms with Crippen molar-refractivity contribution in [2.45, 2.75) is 0 Å². The van der Waals surface area contributed by atoms with Crippen LogP contribution in [-0.4, -0.2) is 14.5 Å². The number of nitrogens with zero attached hydrogens (tertiary/aromatic N) is 3. The van der Waals surface area contributed by atoms with Crippen LogP contribution in [-0.2, 0) is 0 Å². The molecule has 264 valence electrons. The Kier molecular flexibility index (Phi) is 6.48. The molecule has 0 aliphatic heterocycles. The lowest BCUT2D eigenvalue weighted by molar-refractivity contribution is 1.02. The summed E-state index contributed by atoms with van der Waals surface area (Å²) in [7, 11) is 0. The summed E-state index contributed by atoms with van der Waals surface area (Å²) in [5, 5.41) is 13.5. The van der Waals surface area contributed by atoms with Crippen molar-refractivity contribution in [3.63, 3.8) is 0 Å². The Morgan fingerprint density at radius 2 is 1.00 bits per heavy atom. The molecule has 0 unspecified atom stereocenters. The van der Waals surface area contributed by atoms with E-state index in [4.69, 9.17) is 9.97 Å². The Morgan fingerprint density at radius 3 is 1.82 bits per heavy atom. The van der Waals surface area contributed by atoms with E-state index >= 15 is 0 Å². The van der Waals surface area contributed by atoms with Crippen LogP contribution in [0.2, 0.25) is 0 Å². The van der Waals surface area contributed by atoms with Gasteiger partial charge in [0.05, 0.1) is 22.2 Å². The maximum Gasteiger partial charge on any atom is 0.235 e. The number of para-hydroxylation sites is 1. The third kappa shape index (κ3) is 4.41. The lowest BCUT2D eigenvalue weighted by Crippen LogP contribution is -2.04. The number of benzene rings is 9. The fourth-order valence-corrected chi connectivity index (χ4v) is 11.7. The van der Waals surface area contributed by atoms with Crippen molar-refractivity contribution in [2.75, 3.05) is 0 Å². The molecule has 0 aliphatic rings. The number of rotatable bonds is 3. The molecule has 5 heteroatoms. The summed E-state index contributed by atoms with van der Waals surface area (Å²) in [4.78, 5) is 11.2. The van der Waals surface area contributed by atoms with Crippen molar-refractivity contribution in [1.82, 2.24) is 14.5 Å². The Bertz CT molecular complexity index is 3800. The molecule has 13 rings (SSSR count). The fraction of sp³-hybridized carbons (Fsp3) is 0. The molecular weight excluding hydrogens is 731 g/mol. The van der Waals surface area contributed by atoms with Crippen LogP contribution in [0.15, 0.2) is 176 Å². The maximum atomic E-state index is 5.61. The predicted molar refractivity (Wildman–Crippen MR) is 246 cm³/mol. The quantitative estimate of drug-likeness (QED) is 0.168. The van der Waals surface area contributed by atoms with E-state index in [1.807, 2.05) is 22.7 Å². The Morgan fingerprint density at radius 1 is 0.368 bits per heavy atom. The number of hydrogen-bond donors (Lipinski definition) is 0. The van der Waals surface area contributed by atoms with Crippen molar-refractivity contribution in [3.05, 3.63) is 176 Å². The third-order valence-corrected chi connectivity index (χ3v) is 14.1. The second-order valence-corrected chi connectivity index (χ2v) is 17.0. The molecule has 0 aliphatic carbocycles. The topological polar surface area (TPSA) is 30.7 Å². The van der Waals surface area contributed by atoms with Crippen LogP contribution >= 0.6 is 22.7 Å². The lowest BCUT2D eigenvalue weighted by atomic mass is 9.96. The number of fused-ring (bicyclic) bond motifs is 17.